The molecule has 0 aliphatic heterocycles. The fourth-order valence-corrected chi connectivity index (χ4v) is 2.59. The minimum atomic E-state index is -1.13. The Morgan fingerprint density at radius 2 is 1.52 bits per heavy atom. The molecule has 0 aromatic heterocycles. The molecule has 1 aliphatic rings. The van der Waals surface area contributed by atoms with Crippen LogP contribution >= 0.6 is 11.6 Å². The number of carbonyl (C=O) groups is 2. The van der Waals surface area contributed by atoms with Crippen molar-refractivity contribution in [3.63, 3.8) is 0 Å². The van der Waals surface area contributed by atoms with Crippen molar-refractivity contribution >= 4 is 23.5 Å². The molecule has 1 aliphatic carbocycles. The van der Waals surface area contributed by atoms with Crippen LogP contribution in [0.2, 0.25) is 0 Å². The van der Waals surface area contributed by atoms with Crippen LogP contribution < -0.4 is 0 Å². The second-order valence-corrected chi connectivity index (χ2v) is 4.89. The maximum Gasteiger partial charge on any atom is 0.303 e. The molecule has 0 N–H and O–H groups in total. The number of carbonyl (C=O) groups excluding carboxylic acids is 2. The third kappa shape index (κ3) is 5.19. The van der Waals surface area contributed by atoms with E-state index in [2.05, 4.69) is 20.1 Å². The molecule has 0 saturated heterocycles. The molecule has 0 radical (unpaired) electrons. The van der Waals surface area contributed by atoms with Crippen molar-refractivity contribution in [3.8, 4) is 0 Å². The van der Waals surface area contributed by atoms with Crippen LogP contribution in [0.4, 0.5) is 0 Å². The number of ether oxygens (including phenoxy) is 3. The van der Waals surface area contributed by atoms with E-state index in [1.807, 2.05) is 0 Å². The molecule has 23 heavy (non-hydrogen) atoms. The minimum Gasteiger partial charge on any atom is -0.458 e. The molecule has 1 fully saturated rings. The first kappa shape index (κ1) is 18.9. The van der Waals surface area contributed by atoms with Crippen molar-refractivity contribution in [2.24, 2.45) is 10.2 Å². The fourth-order valence-electron chi connectivity index (χ4n) is 2.44. The maximum absolute atomic E-state index is 11.4. The van der Waals surface area contributed by atoms with Gasteiger partial charge in [-0.25, -0.2) is 0 Å². The highest BCUT2D eigenvalue weighted by Gasteiger charge is 2.49. The van der Waals surface area contributed by atoms with Gasteiger partial charge in [-0.2, -0.15) is 0 Å². The first-order chi connectivity index (χ1) is 10.9. The number of halogens is 1. The SMILES string of the molecule is CC(=O)OC1[C@@H](OC(C)=O)[C@H](OCCl)C(N=[N+]=[N-])C[C@H]1N=[N+]=[N-]. The summed E-state index contributed by atoms with van der Waals surface area (Å²) in [7, 11) is 0. The smallest absolute Gasteiger partial charge is 0.303 e. The molecule has 2 unspecified atom stereocenters. The average Bonchev–Trinajstić information content (AvgIpc) is 2.46. The first-order valence-corrected chi connectivity index (χ1v) is 7.08. The van der Waals surface area contributed by atoms with Crippen LogP contribution in [0.25, 0.3) is 20.9 Å². The number of rotatable bonds is 6. The standard InChI is InChI=1S/C11H15ClN6O5/c1-5(19)22-10-8(16-18-14)3-7(15-17-13)9(21-4-12)11(10)23-6(2)20/h7-11H,3-4H2,1-2H3/t7?,8-,9-,10?,11+/m1/s1. The molecule has 5 atom stereocenters. The van der Waals surface area contributed by atoms with Gasteiger partial charge in [0.1, 0.15) is 18.3 Å². The Kier molecular flexibility index (Phi) is 7.43. The minimum absolute atomic E-state index is 0.0470. The summed E-state index contributed by atoms with van der Waals surface area (Å²) in [6.45, 7) is 2.32. The zero-order valence-electron chi connectivity index (χ0n) is 12.4. The van der Waals surface area contributed by atoms with Crippen LogP contribution in [0.3, 0.4) is 0 Å². The van der Waals surface area contributed by atoms with Gasteiger partial charge in [0.15, 0.2) is 6.10 Å². The van der Waals surface area contributed by atoms with E-state index in [0.717, 1.165) is 13.8 Å². The third-order valence-corrected chi connectivity index (χ3v) is 3.27. The summed E-state index contributed by atoms with van der Waals surface area (Å²) < 4.78 is 15.6. The van der Waals surface area contributed by atoms with E-state index < -0.39 is 42.3 Å². The van der Waals surface area contributed by atoms with Crippen molar-refractivity contribution in [2.75, 3.05) is 6.07 Å². The largest absolute Gasteiger partial charge is 0.458 e. The van der Waals surface area contributed by atoms with Gasteiger partial charge in [-0.15, -0.1) is 0 Å². The molecule has 0 spiro atoms. The highest BCUT2D eigenvalue weighted by atomic mass is 35.5. The molecular weight excluding hydrogens is 332 g/mol. The number of nitrogens with zero attached hydrogens (tertiary/aromatic N) is 6. The molecule has 0 aromatic rings. The van der Waals surface area contributed by atoms with E-state index in [4.69, 9.17) is 36.9 Å². The topological polar surface area (TPSA) is 159 Å². The van der Waals surface area contributed by atoms with Gasteiger partial charge < -0.3 is 14.2 Å². The molecule has 0 heterocycles. The van der Waals surface area contributed by atoms with Crippen molar-refractivity contribution in [2.45, 2.75) is 50.7 Å². The summed E-state index contributed by atoms with van der Waals surface area (Å²) in [5.74, 6) is -1.33. The van der Waals surface area contributed by atoms with E-state index in [-0.39, 0.29) is 12.5 Å². The molecule has 0 aromatic carbocycles. The summed E-state index contributed by atoms with van der Waals surface area (Å²) in [5.41, 5.74) is 17.4. The van der Waals surface area contributed by atoms with Gasteiger partial charge >= 0.3 is 11.9 Å². The van der Waals surface area contributed by atoms with Gasteiger partial charge in [-0.3, -0.25) is 9.59 Å². The lowest BCUT2D eigenvalue weighted by atomic mass is 9.84. The fraction of sp³-hybridized carbons (Fsp3) is 0.818. The summed E-state index contributed by atoms with van der Waals surface area (Å²) in [5, 5.41) is 7.11. The van der Waals surface area contributed by atoms with E-state index in [1.54, 1.807) is 0 Å². The highest BCUT2D eigenvalue weighted by Crippen LogP contribution is 2.32. The summed E-state index contributed by atoms with van der Waals surface area (Å²) in [6, 6.07) is -1.97. The van der Waals surface area contributed by atoms with Gasteiger partial charge in [0, 0.05) is 23.7 Å². The zero-order valence-corrected chi connectivity index (χ0v) is 13.2. The lowest BCUT2D eigenvalue weighted by Gasteiger charge is -2.42. The van der Waals surface area contributed by atoms with Crippen LogP contribution in [0.1, 0.15) is 20.3 Å². The zero-order chi connectivity index (χ0) is 17.4. The van der Waals surface area contributed by atoms with Crippen LogP contribution in [-0.4, -0.2) is 48.4 Å². The predicted molar refractivity (Wildman–Crippen MR) is 77.2 cm³/mol. The predicted octanol–water partition coefficient (Wildman–Crippen LogP) is 2.19. The first-order valence-electron chi connectivity index (χ1n) is 6.55. The highest BCUT2D eigenvalue weighted by molar-refractivity contribution is 6.17. The van der Waals surface area contributed by atoms with E-state index in [1.165, 1.54) is 0 Å². The molecule has 126 valence electrons. The Hall–Kier alpha value is -2.19. The van der Waals surface area contributed by atoms with Crippen molar-refractivity contribution in [1.29, 1.82) is 0 Å². The van der Waals surface area contributed by atoms with Gasteiger partial charge in [0.05, 0.1) is 12.1 Å². The number of hydrogen-bond acceptors (Lipinski definition) is 7. The van der Waals surface area contributed by atoms with Gasteiger partial charge in [-0.1, -0.05) is 21.8 Å². The van der Waals surface area contributed by atoms with E-state index in [0.29, 0.717) is 0 Å². The number of hydrogen-bond donors (Lipinski definition) is 0. The van der Waals surface area contributed by atoms with Crippen molar-refractivity contribution in [3.05, 3.63) is 20.9 Å². The van der Waals surface area contributed by atoms with Crippen LogP contribution in [-0.2, 0) is 23.8 Å². The van der Waals surface area contributed by atoms with E-state index in [9.17, 15) is 9.59 Å². The van der Waals surface area contributed by atoms with Gasteiger partial charge in [0.2, 0.25) is 0 Å². The third-order valence-electron chi connectivity index (χ3n) is 3.15. The molecular formula is C11H15ClN6O5. The van der Waals surface area contributed by atoms with Crippen LogP contribution in [0.5, 0.6) is 0 Å². The second kappa shape index (κ2) is 9.06. The van der Waals surface area contributed by atoms with E-state index >= 15 is 0 Å². The van der Waals surface area contributed by atoms with Gasteiger partial charge in [-0.05, 0) is 17.5 Å². The maximum atomic E-state index is 11.4. The van der Waals surface area contributed by atoms with Crippen molar-refractivity contribution < 1.29 is 23.8 Å². The summed E-state index contributed by atoms with van der Waals surface area (Å²) >= 11 is 5.57. The number of azide groups is 2. The molecule has 0 amide bonds. The quantitative estimate of drug-likeness (QED) is 0.236. The molecule has 0 bridgehead atoms. The monoisotopic (exact) mass is 346 g/mol. The second-order valence-electron chi connectivity index (χ2n) is 4.67. The molecule has 1 rings (SSSR count). The summed E-state index contributed by atoms with van der Waals surface area (Å²) in [6.07, 6.45) is -3.10. The molecule has 12 heteroatoms. The Balaban J connectivity index is 3.27. The molecule has 11 nitrogen and oxygen atoms in total. The summed E-state index contributed by atoms with van der Waals surface area (Å²) in [4.78, 5) is 28.1. The Bertz CT molecular complexity index is 547. The van der Waals surface area contributed by atoms with Crippen LogP contribution in [0, 0.1) is 0 Å². The van der Waals surface area contributed by atoms with Crippen molar-refractivity contribution in [1.82, 2.24) is 0 Å². The Labute approximate surface area is 136 Å². The molecule has 1 saturated carbocycles. The number of esters is 2. The van der Waals surface area contributed by atoms with Crippen LogP contribution in [0.15, 0.2) is 10.2 Å². The number of alkyl halides is 1. The lowest BCUT2D eigenvalue weighted by Crippen LogP contribution is -2.58. The normalized spacial score (nSPS) is 29.6. The Morgan fingerprint density at radius 3 is 1.96 bits per heavy atom. The lowest BCUT2D eigenvalue weighted by molar-refractivity contribution is -0.188. The van der Waals surface area contributed by atoms with Gasteiger partial charge in [0.25, 0.3) is 0 Å². The Morgan fingerprint density at radius 1 is 1.04 bits per heavy atom. The average molecular weight is 347 g/mol.